The minimum absolute atomic E-state index is 0.450. The SMILES string of the molecule is O=C(N/N=C\c1ccccn1)Nc1cccc(Cl)c1. The largest absolute Gasteiger partial charge is 0.339 e. The lowest BCUT2D eigenvalue weighted by Gasteiger charge is -2.03. The average Bonchev–Trinajstić information content (AvgIpc) is 2.40. The van der Waals surface area contributed by atoms with Gasteiger partial charge in [-0.05, 0) is 30.3 Å². The molecule has 19 heavy (non-hydrogen) atoms. The third-order valence-corrected chi connectivity index (χ3v) is 2.37. The molecule has 0 saturated carbocycles. The highest BCUT2D eigenvalue weighted by atomic mass is 35.5. The number of rotatable bonds is 3. The molecule has 0 aliphatic heterocycles. The van der Waals surface area contributed by atoms with E-state index in [9.17, 15) is 4.79 Å². The van der Waals surface area contributed by atoms with Crippen LogP contribution in [0.5, 0.6) is 0 Å². The first-order valence-corrected chi connectivity index (χ1v) is 5.88. The van der Waals surface area contributed by atoms with Crippen LogP contribution in [0.4, 0.5) is 10.5 Å². The molecule has 96 valence electrons. The van der Waals surface area contributed by atoms with Crippen LogP contribution in [0.2, 0.25) is 5.02 Å². The summed E-state index contributed by atoms with van der Waals surface area (Å²) in [6.07, 6.45) is 3.10. The Morgan fingerprint density at radius 1 is 1.26 bits per heavy atom. The number of nitrogens with one attached hydrogen (secondary N) is 2. The van der Waals surface area contributed by atoms with E-state index in [0.717, 1.165) is 0 Å². The Hall–Kier alpha value is -2.40. The van der Waals surface area contributed by atoms with Gasteiger partial charge in [-0.1, -0.05) is 23.7 Å². The van der Waals surface area contributed by atoms with E-state index in [1.54, 1.807) is 42.6 Å². The quantitative estimate of drug-likeness (QED) is 0.667. The first-order chi connectivity index (χ1) is 9.24. The number of carbonyl (C=O) groups is 1. The molecule has 0 radical (unpaired) electrons. The number of aromatic nitrogens is 1. The Labute approximate surface area is 115 Å². The van der Waals surface area contributed by atoms with Crippen molar-refractivity contribution < 1.29 is 4.79 Å². The predicted octanol–water partition coefficient (Wildman–Crippen LogP) is 2.89. The Morgan fingerprint density at radius 3 is 2.89 bits per heavy atom. The molecule has 2 rings (SSSR count). The molecule has 1 aromatic heterocycles. The Balaban J connectivity index is 1.87. The minimum atomic E-state index is -0.450. The molecule has 0 saturated heterocycles. The second-order valence-electron chi connectivity index (χ2n) is 3.59. The Bertz CT molecular complexity index is 586. The molecule has 5 nitrogen and oxygen atoms in total. The maximum Gasteiger partial charge on any atom is 0.339 e. The van der Waals surface area contributed by atoms with Crippen molar-refractivity contribution in [3.05, 3.63) is 59.4 Å². The van der Waals surface area contributed by atoms with Crippen LogP contribution in [0.25, 0.3) is 0 Å². The summed E-state index contributed by atoms with van der Waals surface area (Å²) in [5, 5.41) is 6.93. The second kappa shape index (κ2) is 6.51. The minimum Gasteiger partial charge on any atom is -0.306 e. The number of hydrogen-bond donors (Lipinski definition) is 2. The van der Waals surface area contributed by atoms with E-state index in [0.29, 0.717) is 16.4 Å². The number of hydrazone groups is 1. The van der Waals surface area contributed by atoms with Crippen LogP contribution in [0, 0.1) is 0 Å². The van der Waals surface area contributed by atoms with Crippen molar-refractivity contribution in [3.63, 3.8) is 0 Å². The molecule has 0 unspecified atom stereocenters. The number of halogens is 1. The lowest BCUT2D eigenvalue weighted by atomic mass is 10.3. The highest BCUT2D eigenvalue weighted by molar-refractivity contribution is 6.30. The Kier molecular flexibility index (Phi) is 4.47. The van der Waals surface area contributed by atoms with E-state index < -0.39 is 6.03 Å². The van der Waals surface area contributed by atoms with Crippen LogP contribution in [-0.4, -0.2) is 17.2 Å². The number of nitrogens with zero attached hydrogens (tertiary/aromatic N) is 2. The van der Waals surface area contributed by atoms with E-state index in [1.165, 1.54) is 6.21 Å². The van der Waals surface area contributed by atoms with Crippen LogP contribution in [0.3, 0.4) is 0 Å². The van der Waals surface area contributed by atoms with Crippen molar-refractivity contribution in [2.75, 3.05) is 5.32 Å². The average molecular weight is 275 g/mol. The maximum absolute atomic E-state index is 11.5. The number of anilines is 1. The molecule has 6 heteroatoms. The number of pyridine rings is 1. The van der Waals surface area contributed by atoms with Gasteiger partial charge in [-0.2, -0.15) is 5.10 Å². The molecule has 0 fully saturated rings. The lowest BCUT2D eigenvalue weighted by molar-refractivity contribution is 0.252. The standard InChI is InChI=1S/C13H11ClN4O/c14-10-4-3-6-11(8-10)17-13(19)18-16-9-12-5-1-2-7-15-12/h1-9H,(H2,17,18,19)/b16-9-. The predicted molar refractivity (Wildman–Crippen MR) is 75.4 cm³/mol. The van der Waals surface area contributed by atoms with E-state index in [-0.39, 0.29) is 0 Å². The molecule has 0 bridgehead atoms. The van der Waals surface area contributed by atoms with Gasteiger partial charge in [0.25, 0.3) is 0 Å². The summed E-state index contributed by atoms with van der Waals surface area (Å²) in [7, 11) is 0. The number of amides is 2. The van der Waals surface area contributed by atoms with Crippen molar-refractivity contribution >= 4 is 29.5 Å². The highest BCUT2D eigenvalue weighted by Gasteiger charge is 1.99. The number of urea groups is 1. The molecule has 0 spiro atoms. The van der Waals surface area contributed by atoms with Crippen LogP contribution in [-0.2, 0) is 0 Å². The highest BCUT2D eigenvalue weighted by Crippen LogP contribution is 2.14. The first kappa shape index (κ1) is 13.0. The summed E-state index contributed by atoms with van der Waals surface area (Å²) in [6.45, 7) is 0. The zero-order valence-electron chi connectivity index (χ0n) is 9.88. The lowest BCUT2D eigenvalue weighted by Crippen LogP contribution is -2.24. The topological polar surface area (TPSA) is 66.4 Å². The molecule has 1 aromatic carbocycles. The summed E-state index contributed by atoms with van der Waals surface area (Å²) >= 11 is 5.80. The van der Waals surface area contributed by atoms with Crippen molar-refractivity contribution in [2.45, 2.75) is 0 Å². The van der Waals surface area contributed by atoms with Gasteiger partial charge in [-0.15, -0.1) is 0 Å². The third-order valence-electron chi connectivity index (χ3n) is 2.13. The smallest absolute Gasteiger partial charge is 0.306 e. The van der Waals surface area contributed by atoms with Gasteiger partial charge in [-0.3, -0.25) is 4.98 Å². The van der Waals surface area contributed by atoms with E-state index in [2.05, 4.69) is 20.8 Å². The third kappa shape index (κ3) is 4.40. The van der Waals surface area contributed by atoms with Crippen molar-refractivity contribution in [2.24, 2.45) is 5.10 Å². The summed E-state index contributed by atoms with van der Waals surface area (Å²) in [5.41, 5.74) is 3.59. The summed E-state index contributed by atoms with van der Waals surface area (Å²) in [5.74, 6) is 0. The molecule has 2 aromatic rings. The van der Waals surface area contributed by atoms with Gasteiger partial charge >= 0.3 is 6.03 Å². The fraction of sp³-hybridized carbons (Fsp3) is 0. The summed E-state index contributed by atoms with van der Waals surface area (Å²) in [4.78, 5) is 15.5. The van der Waals surface area contributed by atoms with E-state index in [1.807, 2.05) is 6.07 Å². The van der Waals surface area contributed by atoms with Crippen molar-refractivity contribution in [1.29, 1.82) is 0 Å². The number of carbonyl (C=O) groups excluding carboxylic acids is 1. The fourth-order valence-corrected chi connectivity index (χ4v) is 1.52. The number of benzene rings is 1. The molecule has 0 aliphatic rings. The molecule has 0 atom stereocenters. The van der Waals surface area contributed by atoms with E-state index >= 15 is 0 Å². The second-order valence-corrected chi connectivity index (χ2v) is 4.03. The van der Waals surface area contributed by atoms with Gasteiger partial charge in [0.1, 0.15) is 0 Å². The van der Waals surface area contributed by atoms with E-state index in [4.69, 9.17) is 11.6 Å². The zero-order valence-corrected chi connectivity index (χ0v) is 10.6. The molecule has 0 aliphatic carbocycles. The zero-order chi connectivity index (χ0) is 13.5. The van der Waals surface area contributed by atoms with Crippen LogP contribution < -0.4 is 10.7 Å². The monoisotopic (exact) mass is 274 g/mol. The van der Waals surface area contributed by atoms with Gasteiger partial charge < -0.3 is 5.32 Å². The first-order valence-electron chi connectivity index (χ1n) is 5.51. The summed E-state index contributed by atoms with van der Waals surface area (Å²) in [6, 6.07) is 11.8. The molecule has 1 heterocycles. The summed E-state index contributed by atoms with van der Waals surface area (Å²) < 4.78 is 0. The van der Waals surface area contributed by atoms with Gasteiger partial charge in [0, 0.05) is 16.9 Å². The van der Waals surface area contributed by atoms with Gasteiger partial charge in [0.15, 0.2) is 0 Å². The van der Waals surface area contributed by atoms with Gasteiger partial charge in [0.2, 0.25) is 0 Å². The molecular weight excluding hydrogens is 264 g/mol. The maximum atomic E-state index is 11.5. The van der Waals surface area contributed by atoms with Crippen LogP contribution in [0.1, 0.15) is 5.69 Å². The number of hydrogen-bond acceptors (Lipinski definition) is 3. The molecule has 2 N–H and O–H groups in total. The van der Waals surface area contributed by atoms with Crippen molar-refractivity contribution in [1.82, 2.24) is 10.4 Å². The normalized spacial score (nSPS) is 10.4. The van der Waals surface area contributed by atoms with Crippen molar-refractivity contribution in [3.8, 4) is 0 Å². The van der Waals surface area contributed by atoms with Gasteiger partial charge in [0.05, 0.1) is 11.9 Å². The fourth-order valence-electron chi connectivity index (χ4n) is 1.33. The van der Waals surface area contributed by atoms with Crippen LogP contribution >= 0.6 is 11.6 Å². The molecular formula is C13H11ClN4O. The molecule has 2 amide bonds. The Morgan fingerprint density at radius 2 is 2.16 bits per heavy atom. The van der Waals surface area contributed by atoms with Crippen LogP contribution in [0.15, 0.2) is 53.8 Å². The van der Waals surface area contributed by atoms with Gasteiger partial charge in [-0.25, -0.2) is 10.2 Å².